The maximum Gasteiger partial charge on any atom is 0.302 e. The van der Waals surface area contributed by atoms with Gasteiger partial charge in [-0.05, 0) is 21.5 Å². The smallest absolute Gasteiger partial charge is 0.289 e. The van der Waals surface area contributed by atoms with E-state index < -0.39 is 11.7 Å². The fourth-order valence-electron chi connectivity index (χ4n) is 1.21. The van der Waals surface area contributed by atoms with Crippen LogP contribution in [0.2, 0.25) is 0 Å². The van der Waals surface area contributed by atoms with Crippen molar-refractivity contribution in [3.63, 3.8) is 0 Å². The van der Waals surface area contributed by atoms with Gasteiger partial charge in [-0.2, -0.15) is 0 Å². The van der Waals surface area contributed by atoms with Gasteiger partial charge in [-0.3, -0.25) is 14.3 Å². The van der Waals surface area contributed by atoms with Gasteiger partial charge in [0.2, 0.25) is 0 Å². The summed E-state index contributed by atoms with van der Waals surface area (Å²) >= 11 is 0. The van der Waals surface area contributed by atoms with Crippen molar-refractivity contribution < 1.29 is 9.59 Å². The van der Waals surface area contributed by atoms with Crippen LogP contribution in [0, 0.1) is 0 Å². The summed E-state index contributed by atoms with van der Waals surface area (Å²) < 4.78 is 1.29. The molecule has 1 aliphatic rings. The average Bonchev–Trinajstić information content (AvgIpc) is 2.33. The Morgan fingerprint density at radius 2 is 1.83 bits per heavy atom. The number of hydrogen-bond acceptors (Lipinski definition) is 2. The van der Waals surface area contributed by atoms with Crippen molar-refractivity contribution in [3.8, 4) is 0 Å². The number of Topliss-reactive ketones (excluding diaryl/α,β-unsaturated/α-hetero) is 1. The van der Waals surface area contributed by atoms with Gasteiger partial charge < -0.3 is 0 Å². The van der Waals surface area contributed by atoms with E-state index >= 15 is 0 Å². The molecule has 60 valence electrons. The number of anilines is 1. The van der Waals surface area contributed by atoms with E-state index in [0.29, 0.717) is 11.3 Å². The maximum atomic E-state index is 11.2. The number of rotatable bonds is 0. The first kappa shape index (κ1) is 7.44. The van der Waals surface area contributed by atoms with Gasteiger partial charge in [0.1, 0.15) is 0 Å². The summed E-state index contributed by atoms with van der Waals surface area (Å²) in [6.45, 7) is 0. The fraction of sp³-hybridized carbons (Fsp3) is 0. The van der Waals surface area contributed by atoms with Gasteiger partial charge in [0.15, 0.2) is 0 Å². The van der Waals surface area contributed by atoms with Crippen molar-refractivity contribution in [1.29, 1.82) is 0 Å². The Bertz CT molecular complexity index is 375. The van der Waals surface area contributed by atoms with Crippen LogP contribution < -0.4 is 4.67 Å². The van der Waals surface area contributed by atoms with Gasteiger partial charge in [0.05, 0.1) is 11.3 Å². The Hall–Kier alpha value is -1.21. The van der Waals surface area contributed by atoms with Gasteiger partial charge in [-0.15, -0.1) is 0 Å². The van der Waals surface area contributed by atoms with Crippen LogP contribution in [0.15, 0.2) is 24.3 Å². The number of hydrogen-bond donors (Lipinski definition) is 0. The molecule has 0 N–H and O–H groups in total. The fourth-order valence-corrected chi connectivity index (χ4v) is 1.55. The van der Waals surface area contributed by atoms with Crippen LogP contribution >= 0.6 is 9.39 Å². The van der Waals surface area contributed by atoms with Crippen molar-refractivity contribution in [2.45, 2.75) is 0 Å². The zero-order valence-electron chi connectivity index (χ0n) is 6.15. The number of para-hydroxylation sites is 1. The molecule has 0 saturated carbocycles. The van der Waals surface area contributed by atoms with E-state index in [4.69, 9.17) is 0 Å². The minimum atomic E-state index is -0.485. The van der Waals surface area contributed by atoms with Gasteiger partial charge in [0.25, 0.3) is 5.78 Å². The molecule has 1 aromatic carbocycles. The van der Waals surface area contributed by atoms with Crippen LogP contribution in [-0.4, -0.2) is 11.7 Å². The monoisotopic (exact) mass is 179 g/mol. The highest BCUT2D eigenvalue weighted by atomic mass is 31.0. The summed E-state index contributed by atoms with van der Waals surface area (Å²) in [6.07, 6.45) is 0. The highest BCUT2D eigenvalue weighted by molar-refractivity contribution is 7.22. The predicted octanol–water partition coefficient (Wildman–Crippen LogP) is 1.01. The molecular formula is C8H6NO2P. The second-order valence-corrected chi connectivity index (χ2v) is 3.04. The van der Waals surface area contributed by atoms with Crippen molar-refractivity contribution in [2.24, 2.45) is 0 Å². The summed E-state index contributed by atoms with van der Waals surface area (Å²) in [6, 6.07) is 6.93. The highest BCUT2D eigenvalue weighted by Gasteiger charge is 2.32. The normalized spacial score (nSPS) is 15.2. The number of ketones is 1. The Morgan fingerprint density at radius 3 is 2.50 bits per heavy atom. The number of carbonyl (C=O) groups is 2. The minimum Gasteiger partial charge on any atom is -0.289 e. The van der Waals surface area contributed by atoms with E-state index in [1.54, 1.807) is 24.3 Å². The topological polar surface area (TPSA) is 37.4 Å². The molecule has 4 heteroatoms. The number of benzene rings is 1. The average molecular weight is 179 g/mol. The first-order chi connectivity index (χ1) is 5.72. The molecule has 1 aliphatic heterocycles. The van der Waals surface area contributed by atoms with Gasteiger partial charge >= 0.3 is 5.91 Å². The molecule has 1 atom stereocenters. The highest BCUT2D eigenvalue weighted by Crippen LogP contribution is 2.30. The standard InChI is InChI=1S/C8H6NO2P/c10-7-5-3-1-2-4-6(5)9(12)8(7)11/h1-4H,12H2. The number of fused-ring (bicyclic) bond motifs is 1. The molecule has 12 heavy (non-hydrogen) atoms. The van der Waals surface area contributed by atoms with Crippen molar-refractivity contribution in [1.82, 2.24) is 0 Å². The maximum absolute atomic E-state index is 11.2. The molecule has 1 heterocycles. The molecule has 0 spiro atoms. The van der Waals surface area contributed by atoms with E-state index in [2.05, 4.69) is 9.39 Å². The first-order valence-corrected chi connectivity index (χ1v) is 3.96. The quantitative estimate of drug-likeness (QED) is 0.440. The first-order valence-electron chi connectivity index (χ1n) is 3.44. The summed E-state index contributed by atoms with van der Waals surface area (Å²) in [4.78, 5) is 22.3. The molecule has 0 aliphatic carbocycles. The lowest BCUT2D eigenvalue weighted by atomic mass is 10.1. The van der Waals surface area contributed by atoms with E-state index in [1.807, 2.05) is 0 Å². The molecule has 3 nitrogen and oxygen atoms in total. The Morgan fingerprint density at radius 1 is 1.17 bits per heavy atom. The van der Waals surface area contributed by atoms with E-state index in [1.165, 1.54) is 4.67 Å². The molecule has 0 bridgehead atoms. The molecule has 1 unspecified atom stereocenters. The summed E-state index contributed by atoms with van der Waals surface area (Å²) in [5.41, 5.74) is 1.15. The largest absolute Gasteiger partial charge is 0.302 e. The van der Waals surface area contributed by atoms with Crippen molar-refractivity contribution in [2.75, 3.05) is 4.67 Å². The second-order valence-electron chi connectivity index (χ2n) is 2.52. The SMILES string of the molecule is O=C1C(=O)N(P)c2ccccc21. The third kappa shape index (κ3) is 0.802. The third-order valence-electron chi connectivity index (χ3n) is 1.82. The van der Waals surface area contributed by atoms with Gasteiger partial charge in [-0.25, -0.2) is 0 Å². The third-order valence-corrected chi connectivity index (χ3v) is 2.33. The van der Waals surface area contributed by atoms with Crippen molar-refractivity contribution >= 4 is 26.8 Å². The lowest BCUT2D eigenvalue weighted by molar-refractivity contribution is -0.113. The van der Waals surface area contributed by atoms with Crippen LogP contribution in [0.5, 0.6) is 0 Å². The second kappa shape index (κ2) is 2.39. The lowest BCUT2D eigenvalue weighted by Gasteiger charge is -2.06. The van der Waals surface area contributed by atoms with Gasteiger partial charge in [-0.1, -0.05) is 12.1 Å². The van der Waals surface area contributed by atoms with Crippen LogP contribution in [0.25, 0.3) is 0 Å². The molecule has 0 saturated heterocycles. The predicted molar refractivity (Wildman–Crippen MR) is 48.0 cm³/mol. The Kier molecular flexibility index (Phi) is 1.48. The van der Waals surface area contributed by atoms with E-state index in [-0.39, 0.29) is 0 Å². The summed E-state index contributed by atoms with van der Waals surface area (Å²) in [7, 11) is 2.23. The Balaban J connectivity index is 2.67. The molecule has 1 aromatic rings. The van der Waals surface area contributed by atoms with Crippen LogP contribution in [0.1, 0.15) is 10.4 Å². The van der Waals surface area contributed by atoms with E-state index in [0.717, 1.165) is 0 Å². The molecule has 0 radical (unpaired) electrons. The number of nitrogens with zero attached hydrogens (tertiary/aromatic N) is 1. The number of carbonyl (C=O) groups excluding carboxylic acids is 2. The number of amides is 1. The van der Waals surface area contributed by atoms with Crippen LogP contribution in [-0.2, 0) is 4.79 Å². The zero-order chi connectivity index (χ0) is 8.72. The zero-order valence-corrected chi connectivity index (χ0v) is 7.31. The minimum absolute atomic E-state index is 0.430. The van der Waals surface area contributed by atoms with E-state index in [9.17, 15) is 9.59 Å². The summed E-state index contributed by atoms with van der Waals surface area (Å²) in [5, 5.41) is 0. The Labute approximate surface area is 71.6 Å². The van der Waals surface area contributed by atoms with Crippen LogP contribution in [0.4, 0.5) is 5.69 Å². The van der Waals surface area contributed by atoms with Crippen LogP contribution in [0.3, 0.4) is 0 Å². The lowest BCUT2D eigenvalue weighted by Crippen LogP contribution is -2.19. The van der Waals surface area contributed by atoms with Crippen molar-refractivity contribution in [3.05, 3.63) is 29.8 Å². The molecule has 0 aromatic heterocycles. The molecule has 2 rings (SSSR count). The molecular weight excluding hydrogens is 173 g/mol. The molecule has 0 fully saturated rings. The molecule has 1 amide bonds. The van der Waals surface area contributed by atoms with Gasteiger partial charge in [0, 0.05) is 0 Å². The summed E-state index contributed by atoms with van der Waals surface area (Å²) in [5.74, 6) is -0.915.